The van der Waals surface area contributed by atoms with Crippen molar-refractivity contribution in [1.82, 2.24) is 0 Å². The van der Waals surface area contributed by atoms with Crippen LogP contribution in [-0.2, 0) is 9.53 Å². The molecule has 0 spiro atoms. The van der Waals surface area contributed by atoms with Gasteiger partial charge in [-0.1, -0.05) is 60.7 Å². The van der Waals surface area contributed by atoms with Crippen molar-refractivity contribution in [3.63, 3.8) is 0 Å². The van der Waals surface area contributed by atoms with Gasteiger partial charge in [-0.25, -0.2) is 0 Å². The van der Waals surface area contributed by atoms with E-state index in [4.69, 9.17) is 4.74 Å². The van der Waals surface area contributed by atoms with Gasteiger partial charge in [-0.2, -0.15) is 0 Å². The summed E-state index contributed by atoms with van der Waals surface area (Å²) in [5.74, 6) is -0.413. The molecule has 2 aromatic carbocycles. The molecule has 2 unspecified atom stereocenters. The van der Waals surface area contributed by atoms with Gasteiger partial charge in [0.2, 0.25) is 0 Å². The first kappa shape index (κ1) is 13.3. The summed E-state index contributed by atoms with van der Waals surface area (Å²) in [4.78, 5) is 11.2. The lowest BCUT2D eigenvalue weighted by Crippen LogP contribution is -2.17. The molecule has 0 amide bonds. The van der Waals surface area contributed by atoms with E-state index in [9.17, 15) is 9.90 Å². The second-order valence-corrected chi connectivity index (χ2v) is 4.30. The quantitative estimate of drug-likeness (QED) is 0.855. The van der Waals surface area contributed by atoms with Gasteiger partial charge >= 0.3 is 5.97 Å². The number of benzene rings is 2. The van der Waals surface area contributed by atoms with Gasteiger partial charge in [0.15, 0.2) is 6.10 Å². The number of ether oxygens (including phenoxy) is 1. The maximum atomic E-state index is 11.2. The molecule has 3 heteroatoms. The minimum Gasteiger partial charge on any atom is -0.455 e. The molecular formula is C16H16O3. The summed E-state index contributed by atoms with van der Waals surface area (Å²) in [5, 5.41) is 10.4. The Morgan fingerprint density at radius 2 is 1.42 bits per heavy atom. The van der Waals surface area contributed by atoms with Gasteiger partial charge in [-0.15, -0.1) is 0 Å². The Kier molecular flexibility index (Phi) is 4.31. The predicted molar refractivity (Wildman–Crippen MR) is 72.4 cm³/mol. The highest BCUT2D eigenvalue weighted by Crippen LogP contribution is 2.31. The molecule has 0 bridgehead atoms. The van der Waals surface area contributed by atoms with Crippen LogP contribution in [0.5, 0.6) is 0 Å². The Hall–Kier alpha value is -2.13. The number of hydrogen-bond acceptors (Lipinski definition) is 3. The first-order valence-corrected chi connectivity index (χ1v) is 6.13. The lowest BCUT2D eigenvalue weighted by atomic mass is 9.98. The minimum absolute atomic E-state index is 0.413. The van der Waals surface area contributed by atoms with Gasteiger partial charge in [0, 0.05) is 6.92 Å². The Balaban J connectivity index is 2.30. The fraction of sp³-hybridized carbons (Fsp3) is 0.188. The fourth-order valence-corrected chi connectivity index (χ4v) is 1.96. The monoisotopic (exact) mass is 256 g/mol. The Morgan fingerprint density at radius 3 is 1.89 bits per heavy atom. The van der Waals surface area contributed by atoms with Crippen LogP contribution < -0.4 is 0 Å². The van der Waals surface area contributed by atoms with E-state index in [-0.39, 0.29) is 0 Å². The van der Waals surface area contributed by atoms with Crippen molar-refractivity contribution in [2.45, 2.75) is 19.1 Å². The van der Waals surface area contributed by atoms with Crippen LogP contribution in [0.3, 0.4) is 0 Å². The maximum Gasteiger partial charge on any atom is 0.303 e. The number of carbonyl (C=O) groups is 1. The highest BCUT2D eigenvalue weighted by Gasteiger charge is 2.25. The van der Waals surface area contributed by atoms with Crippen molar-refractivity contribution >= 4 is 5.97 Å². The lowest BCUT2D eigenvalue weighted by molar-refractivity contribution is -0.153. The minimum atomic E-state index is -0.882. The number of hydrogen-bond donors (Lipinski definition) is 1. The second-order valence-electron chi connectivity index (χ2n) is 4.30. The third-order valence-electron chi connectivity index (χ3n) is 2.85. The van der Waals surface area contributed by atoms with Crippen LogP contribution in [0.4, 0.5) is 0 Å². The molecule has 0 aliphatic carbocycles. The molecule has 0 saturated heterocycles. The number of aliphatic hydroxyl groups is 1. The van der Waals surface area contributed by atoms with Gasteiger partial charge in [0.25, 0.3) is 0 Å². The Labute approximate surface area is 112 Å². The van der Waals surface area contributed by atoms with Crippen molar-refractivity contribution in [1.29, 1.82) is 0 Å². The summed E-state index contributed by atoms with van der Waals surface area (Å²) >= 11 is 0. The molecule has 0 aromatic heterocycles. The van der Waals surface area contributed by atoms with Gasteiger partial charge in [0.1, 0.15) is 6.10 Å². The average molecular weight is 256 g/mol. The van der Waals surface area contributed by atoms with Crippen LogP contribution in [-0.4, -0.2) is 11.1 Å². The van der Waals surface area contributed by atoms with Crippen molar-refractivity contribution in [2.24, 2.45) is 0 Å². The summed E-state index contributed by atoms with van der Waals surface area (Å²) in [5.41, 5.74) is 1.49. The van der Waals surface area contributed by atoms with E-state index in [2.05, 4.69) is 0 Å². The van der Waals surface area contributed by atoms with E-state index >= 15 is 0 Å². The molecular weight excluding hydrogens is 240 g/mol. The molecule has 0 aliphatic heterocycles. The van der Waals surface area contributed by atoms with Crippen LogP contribution in [0, 0.1) is 0 Å². The highest BCUT2D eigenvalue weighted by molar-refractivity contribution is 5.66. The lowest BCUT2D eigenvalue weighted by Gasteiger charge is -2.23. The SMILES string of the molecule is CC(=O)OC(c1ccccc1)C(O)c1ccccc1. The number of rotatable bonds is 4. The maximum absolute atomic E-state index is 11.2. The molecule has 3 nitrogen and oxygen atoms in total. The number of esters is 1. The summed E-state index contributed by atoms with van der Waals surface area (Å²) in [6, 6.07) is 18.4. The van der Waals surface area contributed by atoms with Gasteiger partial charge in [0.05, 0.1) is 0 Å². The molecule has 2 aromatic rings. The van der Waals surface area contributed by atoms with E-state index in [1.165, 1.54) is 6.92 Å². The van der Waals surface area contributed by atoms with Crippen LogP contribution in [0.1, 0.15) is 30.3 Å². The summed E-state index contributed by atoms with van der Waals surface area (Å²) in [7, 11) is 0. The van der Waals surface area contributed by atoms with Crippen molar-refractivity contribution < 1.29 is 14.6 Å². The number of carbonyl (C=O) groups excluding carboxylic acids is 1. The molecule has 98 valence electrons. The van der Waals surface area contributed by atoms with Crippen molar-refractivity contribution in [3.8, 4) is 0 Å². The van der Waals surface area contributed by atoms with Gasteiger partial charge in [-0.3, -0.25) is 4.79 Å². The Morgan fingerprint density at radius 1 is 0.947 bits per heavy atom. The molecule has 1 N–H and O–H groups in total. The Bertz CT molecular complexity index is 522. The van der Waals surface area contributed by atoms with Gasteiger partial charge in [-0.05, 0) is 11.1 Å². The number of aliphatic hydroxyl groups excluding tert-OH is 1. The van der Waals surface area contributed by atoms with Crippen molar-refractivity contribution in [2.75, 3.05) is 0 Å². The topological polar surface area (TPSA) is 46.5 Å². The first-order valence-electron chi connectivity index (χ1n) is 6.13. The third kappa shape index (κ3) is 3.42. The van der Waals surface area contributed by atoms with E-state index < -0.39 is 18.2 Å². The zero-order valence-electron chi connectivity index (χ0n) is 10.7. The van der Waals surface area contributed by atoms with Crippen LogP contribution in [0.2, 0.25) is 0 Å². The normalized spacial score (nSPS) is 13.6. The molecule has 19 heavy (non-hydrogen) atoms. The predicted octanol–water partition coefficient (Wildman–Crippen LogP) is 3.02. The van der Waals surface area contributed by atoms with E-state index in [0.717, 1.165) is 11.1 Å². The van der Waals surface area contributed by atoms with Crippen LogP contribution in [0.25, 0.3) is 0 Å². The van der Waals surface area contributed by atoms with E-state index in [0.29, 0.717) is 0 Å². The fourth-order valence-electron chi connectivity index (χ4n) is 1.96. The molecule has 0 saturated carbocycles. The van der Waals surface area contributed by atoms with Crippen molar-refractivity contribution in [3.05, 3.63) is 71.8 Å². The zero-order valence-corrected chi connectivity index (χ0v) is 10.7. The van der Waals surface area contributed by atoms with Gasteiger partial charge < -0.3 is 9.84 Å². The smallest absolute Gasteiger partial charge is 0.303 e. The summed E-state index contributed by atoms with van der Waals surface area (Å²) in [6.07, 6.45) is -1.58. The molecule has 2 rings (SSSR count). The molecule has 0 radical (unpaired) electrons. The molecule has 0 fully saturated rings. The largest absolute Gasteiger partial charge is 0.455 e. The summed E-state index contributed by atoms with van der Waals surface area (Å²) < 4.78 is 5.26. The van der Waals surface area contributed by atoms with Crippen LogP contribution >= 0.6 is 0 Å². The second kappa shape index (κ2) is 6.16. The average Bonchev–Trinajstić information content (AvgIpc) is 2.46. The van der Waals surface area contributed by atoms with Crippen LogP contribution in [0.15, 0.2) is 60.7 Å². The first-order chi connectivity index (χ1) is 9.18. The third-order valence-corrected chi connectivity index (χ3v) is 2.85. The molecule has 0 aliphatic rings. The van der Waals surface area contributed by atoms with E-state index in [1.54, 1.807) is 0 Å². The highest BCUT2D eigenvalue weighted by atomic mass is 16.6. The standard InChI is InChI=1S/C16H16O3/c1-12(17)19-16(14-10-6-3-7-11-14)15(18)13-8-4-2-5-9-13/h2-11,15-16,18H,1H3. The molecule has 0 heterocycles. The van der Waals surface area contributed by atoms with E-state index in [1.807, 2.05) is 60.7 Å². The molecule has 2 atom stereocenters. The zero-order chi connectivity index (χ0) is 13.7. The summed E-state index contributed by atoms with van der Waals surface area (Å²) in [6.45, 7) is 1.34.